The fourth-order valence-corrected chi connectivity index (χ4v) is 4.50. The Morgan fingerprint density at radius 1 is 1.22 bits per heavy atom. The van der Waals surface area contributed by atoms with E-state index in [1.807, 2.05) is 43.3 Å². The highest BCUT2D eigenvalue weighted by molar-refractivity contribution is 9.10. The third-order valence-electron chi connectivity index (χ3n) is 3.49. The molecule has 3 rings (SSSR count). The van der Waals surface area contributed by atoms with Gasteiger partial charge in [-0.3, -0.25) is 4.79 Å². The second kappa shape index (κ2) is 9.20. The number of amides is 1. The number of halogens is 1. The zero-order valence-corrected chi connectivity index (χ0v) is 17.8. The summed E-state index contributed by atoms with van der Waals surface area (Å²) in [7, 11) is 1.57. The van der Waals surface area contributed by atoms with Crippen molar-refractivity contribution in [1.29, 1.82) is 0 Å². The van der Waals surface area contributed by atoms with Crippen LogP contribution in [0.15, 0.2) is 57.3 Å². The van der Waals surface area contributed by atoms with Crippen molar-refractivity contribution in [2.24, 2.45) is 0 Å². The first-order chi connectivity index (χ1) is 13.0. The Bertz CT molecular complexity index is 935. The monoisotopic (exact) mass is 464 g/mol. The number of hydrogen-bond acceptors (Lipinski definition) is 7. The number of para-hydroxylation sites is 2. The van der Waals surface area contributed by atoms with Gasteiger partial charge >= 0.3 is 0 Å². The predicted octanol–water partition coefficient (Wildman–Crippen LogP) is 5.17. The fraction of sp³-hybridized carbons (Fsp3) is 0.167. The highest BCUT2D eigenvalue weighted by Crippen LogP contribution is 2.32. The van der Waals surface area contributed by atoms with Crippen molar-refractivity contribution in [3.05, 3.63) is 53.0 Å². The van der Waals surface area contributed by atoms with Crippen molar-refractivity contribution in [2.75, 3.05) is 17.7 Å². The Balaban J connectivity index is 1.60. The lowest BCUT2D eigenvalue weighted by molar-refractivity contribution is -0.115. The number of aromatic nitrogens is 2. The number of nitrogens with zero attached hydrogens (tertiary/aromatic N) is 2. The molecule has 1 heterocycles. The lowest BCUT2D eigenvalue weighted by Crippen LogP contribution is -2.22. The highest BCUT2D eigenvalue weighted by atomic mass is 79.9. The van der Waals surface area contributed by atoms with Crippen molar-refractivity contribution < 1.29 is 9.53 Å². The van der Waals surface area contributed by atoms with E-state index in [4.69, 9.17) is 4.74 Å². The molecule has 0 radical (unpaired) electrons. The van der Waals surface area contributed by atoms with Crippen molar-refractivity contribution in [1.82, 2.24) is 10.2 Å². The van der Waals surface area contributed by atoms with Crippen molar-refractivity contribution >= 4 is 61.4 Å². The van der Waals surface area contributed by atoms with Gasteiger partial charge in [0.1, 0.15) is 5.75 Å². The minimum atomic E-state index is -0.332. The van der Waals surface area contributed by atoms with Gasteiger partial charge in [-0.25, -0.2) is 0 Å². The standard InChI is InChI=1S/C18H17BrN4O2S2/c1-11(16(24)21-14-8-3-4-9-15(14)25-2)26-18-23-22-17(27-18)20-13-7-5-6-12(19)10-13/h3-11H,1-2H3,(H,20,22)(H,21,24). The van der Waals surface area contributed by atoms with Gasteiger partial charge < -0.3 is 15.4 Å². The van der Waals surface area contributed by atoms with E-state index in [0.717, 1.165) is 14.5 Å². The molecule has 0 saturated heterocycles. The maximum atomic E-state index is 12.5. The van der Waals surface area contributed by atoms with Gasteiger partial charge in [0.05, 0.1) is 18.0 Å². The normalized spacial score (nSPS) is 11.7. The summed E-state index contributed by atoms with van der Waals surface area (Å²) in [6, 6.07) is 15.1. The number of methoxy groups -OCH3 is 1. The minimum Gasteiger partial charge on any atom is -0.495 e. The number of carbonyl (C=O) groups excluding carboxylic acids is 1. The third kappa shape index (κ3) is 5.44. The van der Waals surface area contributed by atoms with Gasteiger partial charge in [0.2, 0.25) is 11.0 Å². The molecule has 2 N–H and O–H groups in total. The summed E-state index contributed by atoms with van der Waals surface area (Å²) in [5, 5.41) is 14.7. The molecule has 1 amide bonds. The summed E-state index contributed by atoms with van der Waals surface area (Å²) in [5.74, 6) is 0.501. The van der Waals surface area contributed by atoms with Crippen LogP contribution in [0.1, 0.15) is 6.92 Å². The Morgan fingerprint density at radius 3 is 2.81 bits per heavy atom. The topological polar surface area (TPSA) is 76.1 Å². The van der Waals surface area contributed by atoms with Crippen LogP contribution in [0.25, 0.3) is 0 Å². The van der Waals surface area contributed by atoms with E-state index < -0.39 is 0 Å². The molecule has 2 aromatic carbocycles. The van der Waals surface area contributed by atoms with Crippen molar-refractivity contribution in [3.8, 4) is 5.75 Å². The Hall–Kier alpha value is -2.10. The fourth-order valence-electron chi connectivity index (χ4n) is 2.18. The summed E-state index contributed by atoms with van der Waals surface area (Å²) < 4.78 is 6.96. The number of anilines is 3. The highest BCUT2D eigenvalue weighted by Gasteiger charge is 2.18. The van der Waals surface area contributed by atoms with Gasteiger partial charge in [-0.1, -0.05) is 57.2 Å². The van der Waals surface area contributed by atoms with Gasteiger partial charge in [-0.2, -0.15) is 0 Å². The molecule has 0 fully saturated rings. The molecule has 1 atom stereocenters. The summed E-state index contributed by atoms with van der Waals surface area (Å²) in [5.41, 5.74) is 1.56. The molecule has 140 valence electrons. The van der Waals surface area contributed by atoms with Gasteiger partial charge in [0.25, 0.3) is 0 Å². The van der Waals surface area contributed by atoms with E-state index in [1.54, 1.807) is 19.2 Å². The molecular formula is C18H17BrN4O2S2. The number of ether oxygens (including phenoxy) is 1. The summed E-state index contributed by atoms with van der Waals surface area (Å²) >= 11 is 6.20. The van der Waals surface area contributed by atoms with Crippen LogP contribution in [0.2, 0.25) is 0 Å². The Kier molecular flexibility index (Phi) is 6.70. The average Bonchev–Trinajstić information content (AvgIpc) is 3.09. The molecule has 0 aliphatic carbocycles. The average molecular weight is 465 g/mol. The molecule has 1 aromatic heterocycles. The van der Waals surface area contributed by atoms with Crippen molar-refractivity contribution in [3.63, 3.8) is 0 Å². The van der Waals surface area contributed by atoms with E-state index >= 15 is 0 Å². The first-order valence-electron chi connectivity index (χ1n) is 8.02. The molecule has 27 heavy (non-hydrogen) atoms. The third-order valence-corrected chi connectivity index (χ3v) is 6.01. The smallest absolute Gasteiger partial charge is 0.237 e. The lowest BCUT2D eigenvalue weighted by atomic mass is 10.3. The van der Waals surface area contributed by atoms with Gasteiger partial charge in [0.15, 0.2) is 4.34 Å². The van der Waals surface area contributed by atoms with E-state index in [9.17, 15) is 4.79 Å². The second-order valence-electron chi connectivity index (χ2n) is 5.46. The molecule has 1 unspecified atom stereocenters. The predicted molar refractivity (Wildman–Crippen MR) is 114 cm³/mol. The lowest BCUT2D eigenvalue weighted by Gasteiger charge is -2.12. The Morgan fingerprint density at radius 2 is 2.04 bits per heavy atom. The van der Waals surface area contributed by atoms with Crippen LogP contribution in [0.5, 0.6) is 5.75 Å². The van der Waals surface area contributed by atoms with Crippen LogP contribution >= 0.6 is 39.0 Å². The minimum absolute atomic E-state index is 0.124. The van der Waals surface area contributed by atoms with E-state index in [0.29, 0.717) is 16.6 Å². The number of thioether (sulfide) groups is 1. The number of hydrogen-bond donors (Lipinski definition) is 2. The van der Waals surface area contributed by atoms with Gasteiger partial charge in [-0.05, 0) is 37.3 Å². The largest absolute Gasteiger partial charge is 0.495 e. The number of benzene rings is 2. The summed E-state index contributed by atoms with van der Waals surface area (Å²) in [4.78, 5) is 12.5. The number of nitrogens with one attached hydrogen (secondary N) is 2. The van der Waals surface area contributed by atoms with Crippen molar-refractivity contribution in [2.45, 2.75) is 16.5 Å². The van der Waals surface area contributed by atoms with E-state index in [1.165, 1.54) is 23.1 Å². The van der Waals surface area contributed by atoms with E-state index in [-0.39, 0.29) is 11.2 Å². The first kappa shape index (κ1) is 19.7. The summed E-state index contributed by atoms with van der Waals surface area (Å²) in [6.07, 6.45) is 0. The van der Waals surface area contributed by atoms with E-state index in [2.05, 4.69) is 36.8 Å². The van der Waals surface area contributed by atoms with Crippen LogP contribution in [0.3, 0.4) is 0 Å². The van der Waals surface area contributed by atoms with Crippen LogP contribution in [-0.4, -0.2) is 28.5 Å². The summed E-state index contributed by atoms with van der Waals surface area (Å²) in [6.45, 7) is 1.83. The maximum Gasteiger partial charge on any atom is 0.237 e. The number of carbonyl (C=O) groups is 1. The molecule has 0 aliphatic rings. The second-order valence-corrected chi connectivity index (χ2v) is 8.94. The van der Waals surface area contributed by atoms with Crippen LogP contribution < -0.4 is 15.4 Å². The maximum absolute atomic E-state index is 12.5. The number of rotatable bonds is 7. The molecule has 0 spiro atoms. The zero-order valence-electron chi connectivity index (χ0n) is 14.6. The zero-order chi connectivity index (χ0) is 19.2. The van der Waals surface area contributed by atoms with Crippen LogP contribution in [0, 0.1) is 0 Å². The first-order valence-corrected chi connectivity index (χ1v) is 10.5. The van der Waals surface area contributed by atoms with Gasteiger partial charge in [0, 0.05) is 10.2 Å². The van der Waals surface area contributed by atoms with Crippen LogP contribution in [-0.2, 0) is 4.79 Å². The molecule has 0 bridgehead atoms. The van der Waals surface area contributed by atoms with Crippen LogP contribution in [0.4, 0.5) is 16.5 Å². The molecule has 3 aromatic rings. The quantitative estimate of drug-likeness (QED) is 0.469. The molecule has 9 heteroatoms. The molecule has 6 nitrogen and oxygen atoms in total. The molecule has 0 saturated carbocycles. The molecular weight excluding hydrogens is 448 g/mol. The molecule has 0 aliphatic heterocycles. The SMILES string of the molecule is COc1ccccc1NC(=O)C(C)Sc1nnc(Nc2cccc(Br)c2)s1. The van der Waals surface area contributed by atoms with Gasteiger partial charge in [-0.15, -0.1) is 10.2 Å². The Labute approximate surface area is 173 Å².